The van der Waals surface area contributed by atoms with Crippen molar-refractivity contribution in [3.8, 4) is 0 Å². The number of aliphatic hydroxyl groups is 1. The maximum absolute atomic E-state index is 10.8. The molecule has 1 unspecified atom stereocenters. The lowest BCUT2D eigenvalue weighted by atomic mass is 10.3. The van der Waals surface area contributed by atoms with E-state index in [1.54, 1.807) is 6.92 Å². The Kier molecular flexibility index (Phi) is 5.15. The van der Waals surface area contributed by atoms with E-state index in [0.29, 0.717) is 10.9 Å². The van der Waals surface area contributed by atoms with Crippen LogP contribution in [0.25, 0.3) is 0 Å². The van der Waals surface area contributed by atoms with Crippen molar-refractivity contribution in [1.29, 1.82) is 0 Å². The lowest BCUT2D eigenvalue weighted by Crippen LogP contribution is -2.23. The van der Waals surface area contributed by atoms with E-state index in [1.807, 2.05) is 0 Å². The molecule has 0 rings (SSSR count). The number of hydrogen-bond acceptors (Lipinski definition) is 3. The SMILES string of the molecule is C=C(C)C(=O)OC(CO)CBr. The Morgan fingerprint density at radius 3 is 2.64 bits per heavy atom. The molecular weight excluding hydrogens is 212 g/mol. The number of carbonyl (C=O) groups is 1. The molecule has 1 atom stereocenters. The van der Waals surface area contributed by atoms with Crippen molar-refractivity contribution in [1.82, 2.24) is 0 Å². The minimum absolute atomic E-state index is 0.176. The van der Waals surface area contributed by atoms with Crippen LogP contribution in [-0.4, -0.2) is 29.1 Å². The molecule has 3 nitrogen and oxygen atoms in total. The van der Waals surface area contributed by atoms with E-state index >= 15 is 0 Å². The monoisotopic (exact) mass is 222 g/mol. The second-order valence-corrected chi connectivity index (χ2v) is 2.79. The minimum Gasteiger partial charge on any atom is -0.456 e. The number of hydrogen-bond donors (Lipinski definition) is 1. The van der Waals surface area contributed by atoms with Gasteiger partial charge in [-0.05, 0) is 6.92 Å². The van der Waals surface area contributed by atoms with Crippen LogP contribution in [0.1, 0.15) is 6.92 Å². The second-order valence-electron chi connectivity index (χ2n) is 2.14. The molecule has 4 heteroatoms. The summed E-state index contributed by atoms with van der Waals surface area (Å²) in [7, 11) is 0. The Balaban J connectivity index is 3.81. The van der Waals surface area contributed by atoms with Gasteiger partial charge in [0.05, 0.1) is 6.61 Å². The Morgan fingerprint density at radius 2 is 2.36 bits per heavy atom. The van der Waals surface area contributed by atoms with Crippen molar-refractivity contribution < 1.29 is 14.6 Å². The molecule has 0 aliphatic heterocycles. The van der Waals surface area contributed by atoms with E-state index < -0.39 is 12.1 Å². The van der Waals surface area contributed by atoms with Gasteiger partial charge in [0, 0.05) is 10.9 Å². The average Bonchev–Trinajstić information content (AvgIpc) is 1.99. The molecule has 64 valence electrons. The van der Waals surface area contributed by atoms with Gasteiger partial charge in [-0.1, -0.05) is 22.5 Å². The molecule has 0 saturated carbocycles. The third kappa shape index (κ3) is 4.16. The highest BCUT2D eigenvalue weighted by Gasteiger charge is 2.11. The number of aliphatic hydroxyl groups excluding tert-OH is 1. The van der Waals surface area contributed by atoms with Crippen molar-refractivity contribution in [2.45, 2.75) is 13.0 Å². The van der Waals surface area contributed by atoms with Gasteiger partial charge in [-0.25, -0.2) is 4.79 Å². The van der Waals surface area contributed by atoms with Crippen molar-refractivity contribution in [3.63, 3.8) is 0 Å². The molecule has 0 fully saturated rings. The number of carbonyl (C=O) groups excluding carboxylic acids is 1. The lowest BCUT2D eigenvalue weighted by Gasteiger charge is -2.11. The van der Waals surface area contributed by atoms with E-state index in [0.717, 1.165) is 0 Å². The quantitative estimate of drug-likeness (QED) is 0.436. The van der Waals surface area contributed by atoms with E-state index in [2.05, 4.69) is 22.5 Å². The zero-order valence-corrected chi connectivity index (χ0v) is 7.93. The highest BCUT2D eigenvalue weighted by molar-refractivity contribution is 9.09. The molecular formula is C7H11BrO3. The number of esters is 1. The van der Waals surface area contributed by atoms with Crippen molar-refractivity contribution in [2.75, 3.05) is 11.9 Å². The third-order valence-corrected chi connectivity index (χ3v) is 1.72. The smallest absolute Gasteiger partial charge is 0.333 e. The Hall–Kier alpha value is -0.350. The molecule has 0 amide bonds. The van der Waals surface area contributed by atoms with Crippen LogP contribution in [0.5, 0.6) is 0 Å². The maximum Gasteiger partial charge on any atom is 0.333 e. The molecule has 0 bridgehead atoms. The van der Waals surface area contributed by atoms with Crippen LogP contribution in [0.2, 0.25) is 0 Å². The first-order valence-electron chi connectivity index (χ1n) is 3.15. The summed E-state index contributed by atoms with van der Waals surface area (Å²) >= 11 is 3.09. The highest BCUT2D eigenvalue weighted by Crippen LogP contribution is 2.00. The van der Waals surface area contributed by atoms with E-state index in [1.165, 1.54) is 0 Å². The molecule has 0 aromatic rings. The Morgan fingerprint density at radius 1 is 1.82 bits per heavy atom. The summed E-state index contributed by atoms with van der Waals surface area (Å²) in [4.78, 5) is 10.8. The van der Waals surface area contributed by atoms with Crippen LogP contribution in [0.15, 0.2) is 12.2 Å². The zero-order chi connectivity index (χ0) is 8.85. The van der Waals surface area contributed by atoms with Crippen LogP contribution >= 0.6 is 15.9 Å². The fourth-order valence-electron chi connectivity index (χ4n) is 0.370. The molecule has 0 aromatic carbocycles. The topological polar surface area (TPSA) is 46.5 Å². The summed E-state index contributed by atoms with van der Waals surface area (Å²) in [5, 5.41) is 9.05. The number of ether oxygens (including phenoxy) is 1. The minimum atomic E-state index is -0.473. The third-order valence-electron chi connectivity index (χ3n) is 0.998. The number of rotatable bonds is 4. The summed E-state index contributed by atoms with van der Waals surface area (Å²) in [5.41, 5.74) is 0.337. The van der Waals surface area contributed by atoms with Gasteiger partial charge in [0.2, 0.25) is 0 Å². The van der Waals surface area contributed by atoms with Crippen LogP contribution in [0.4, 0.5) is 0 Å². The molecule has 11 heavy (non-hydrogen) atoms. The summed E-state index contributed by atoms with van der Waals surface area (Å²) < 4.78 is 4.77. The summed E-state index contributed by atoms with van der Waals surface area (Å²) in [5.74, 6) is -0.469. The van der Waals surface area contributed by atoms with Crippen LogP contribution in [-0.2, 0) is 9.53 Å². The van der Waals surface area contributed by atoms with Gasteiger partial charge in [0.25, 0.3) is 0 Å². The second kappa shape index (κ2) is 5.32. The van der Waals surface area contributed by atoms with Crippen molar-refractivity contribution in [3.05, 3.63) is 12.2 Å². The highest BCUT2D eigenvalue weighted by atomic mass is 79.9. The predicted octanol–water partition coefficient (Wildman–Crippen LogP) is 0.861. The molecule has 0 aliphatic rings. The zero-order valence-electron chi connectivity index (χ0n) is 6.34. The van der Waals surface area contributed by atoms with Gasteiger partial charge >= 0.3 is 5.97 Å². The van der Waals surface area contributed by atoms with Crippen LogP contribution in [0.3, 0.4) is 0 Å². The van der Waals surface area contributed by atoms with Crippen LogP contribution in [0, 0.1) is 0 Å². The van der Waals surface area contributed by atoms with Gasteiger partial charge in [0.15, 0.2) is 0 Å². The maximum atomic E-state index is 10.8. The molecule has 0 spiro atoms. The Bertz CT molecular complexity index is 152. The van der Waals surface area contributed by atoms with E-state index in [9.17, 15) is 4.79 Å². The largest absolute Gasteiger partial charge is 0.456 e. The van der Waals surface area contributed by atoms with Gasteiger partial charge in [-0.2, -0.15) is 0 Å². The molecule has 0 saturated heterocycles. The first kappa shape index (κ1) is 10.7. The van der Waals surface area contributed by atoms with Gasteiger partial charge < -0.3 is 9.84 Å². The van der Waals surface area contributed by atoms with Crippen molar-refractivity contribution >= 4 is 21.9 Å². The van der Waals surface area contributed by atoms with Gasteiger partial charge in [-0.3, -0.25) is 0 Å². The van der Waals surface area contributed by atoms with Crippen molar-refractivity contribution in [2.24, 2.45) is 0 Å². The van der Waals surface area contributed by atoms with Gasteiger partial charge in [0.1, 0.15) is 6.10 Å². The van der Waals surface area contributed by atoms with Gasteiger partial charge in [-0.15, -0.1) is 0 Å². The van der Waals surface area contributed by atoms with E-state index in [-0.39, 0.29) is 6.61 Å². The molecule has 0 heterocycles. The molecule has 0 radical (unpaired) electrons. The fourth-order valence-corrected chi connectivity index (χ4v) is 0.706. The standard InChI is InChI=1S/C7H11BrO3/c1-5(2)7(10)11-6(3-8)4-9/h6,9H,1,3-4H2,2H3. The van der Waals surface area contributed by atoms with Crippen LogP contribution < -0.4 is 0 Å². The summed E-state index contributed by atoms with van der Waals surface area (Å²) in [6, 6.07) is 0. The Labute approximate surface area is 74.2 Å². The predicted molar refractivity (Wildman–Crippen MR) is 45.6 cm³/mol. The first-order valence-corrected chi connectivity index (χ1v) is 4.27. The normalized spacial score (nSPS) is 12.3. The number of alkyl halides is 1. The molecule has 1 N–H and O–H groups in total. The summed E-state index contributed by atoms with van der Waals surface area (Å²) in [6.45, 7) is 4.79. The average molecular weight is 223 g/mol. The fraction of sp³-hybridized carbons (Fsp3) is 0.571. The first-order chi connectivity index (χ1) is 5.11. The van der Waals surface area contributed by atoms with E-state index in [4.69, 9.17) is 9.84 Å². The lowest BCUT2D eigenvalue weighted by molar-refractivity contribution is -0.144. The summed E-state index contributed by atoms with van der Waals surface area (Å²) in [6.07, 6.45) is -0.473. The number of halogens is 1. The molecule has 0 aliphatic carbocycles. The molecule has 0 aromatic heterocycles.